The lowest BCUT2D eigenvalue weighted by atomic mass is 9.95. The number of piperazine rings is 1. The van der Waals surface area contributed by atoms with Gasteiger partial charge in [-0.15, -0.1) is 17.6 Å². The zero-order chi connectivity index (χ0) is 27.5. The van der Waals surface area contributed by atoms with E-state index in [0.29, 0.717) is 11.1 Å². The van der Waals surface area contributed by atoms with Crippen molar-refractivity contribution in [2.45, 2.75) is 37.8 Å². The van der Waals surface area contributed by atoms with Gasteiger partial charge in [-0.25, -0.2) is 4.79 Å². The summed E-state index contributed by atoms with van der Waals surface area (Å²) < 4.78 is 115. The van der Waals surface area contributed by atoms with E-state index in [0.717, 1.165) is 11.8 Å². The van der Waals surface area contributed by atoms with Crippen molar-refractivity contribution in [3.8, 4) is 23.0 Å². The van der Waals surface area contributed by atoms with Crippen molar-refractivity contribution in [2.24, 2.45) is 0 Å². The second-order valence-corrected chi connectivity index (χ2v) is 8.74. The molecule has 15 heteroatoms. The highest BCUT2D eigenvalue weighted by Crippen LogP contribution is 2.46. The molecule has 1 fully saturated rings. The van der Waals surface area contributed by atoms with E-state index < -0.39 is 37.0 Å². The molecule has 206 valence electrons. The quantitative estimate of drug-likeness (QED) is 0.488. The molecule has 8 nitrogen and oxygen atoms in total. The molecule has 0 aliphatic carbocycles. The van der Waals surface area contributed by atoms with Gasteiger partial charge in [0.1, 0.15) is 0 Å². The average Bonchev–Trinajstić information content (AvgIpc) is 3.30. The number of carbonyl (C=O) groups excluding carboxylic acids is 1. The Labute approximate surface area is 210 Å². The smallest absolute Gasteiger partial charge is 0.437 e. The van der Waals surface area contributed by atoms with E-state index in [4.69, 9.17) is 0 Å². The van der Waals surface area contributed by atoms with Gasteiger partial charge < -0.3 is 28.6 Å². The van der Waals surface area contributed by atoms with E-state index in [-0.39, 0.29) is 49.2 Å². The largest absolute Gasteiger partial charge is 0.586 e. The molecule has 5 rings (SSSR count). The maximum Gasteiger partial charge on any atom is 0.586 e. The van der Waals surface area contributed by atoms with E-state index in [1.165, 1.54) is 36.4 Å². The lowest BCUT2D eigenvalue weighted by molar-refractivity contribution is -0.287. The number of benzene rings is 2. The predicted octanol–water partition coefficient (Wildman–Crippen LogP) is 5.12. The summed E-state index contributed by atoms with van der Waals surface area (Å²) in [6.45, 7) is 0.914. The minimum atomic E-state index is -4.71. The normalized spacial score (nSPS) is 20.5. The van der Waals surface area contributed by atoms with E-state index in [1.54, 1.807) is 4.90 Å². The third-order valence-electron chi connectivity index (χ3n) is 6.16. The van der Waals surface area contributed by atoms with Crippen LogP contribution in [-0.2, 0) is 4.74 Å². The van der Waals surface area contributed by atoms with Gasteiger partial charge in [0.2, 0.25) is 0 Å². The van der Waals surface area contributed by atoms with Crippen molar-refractivity contribution < 1.29 is 59.2 Å². The number of ether oxygens (including phenoxy) is 5. The Morgan fingerprint density at radius 3 is 1.71 bits per heavy atom. The Hall–Kier alpha value is -3.62. The van der Waals surface area contributed by atoms with Crippen LogP contribution in [0.15, 0.2) is 36.4 Å². The molecule has 2 aromatic carbocycles. The van der Waals surface area contributed by atoms with Crippen molar-refractivity contribution in [3.05, 3.63) is 47.5 Å². The fourth-order valence-corrected chi connectivity index (χ4v) is 4.34. The van der Waals surface area contributed by atoms with Crippen molar-refractivity contribution in [1.29, 1.82) is 0 Å². The first-order valence-electron chi connectivity index (χ1n) is 11.3. The number of nitrogens with zero attached hydrogens (tertiary/aromatic N) is 2. The van der Waals surface area contributed by atoms with E-state index in [1.807, 2.05) is 0 Å². The van der Waals surface area contributed by atoms with E-state index in [9.17, 15) is 35.5 Å². The van der Waals surface area contributed by atoms with Gasteiger partial charge in [-0.2, -0.15) is 13.2 Å². The highest BCUT2D eigenvalue weighted by molar-refractivity contribution is 5.68. The zero-order valence-electron chi connectivity index (χ0n) is 19.4. The van der Waals surface area contributed by atoms with Crippen LogP contribution in [0.5, 0.6) is 23.0 Å². The summed E-state index contributed by atoms with van der Waals surface area (Å²) in [5.41, 5.74) is 0.829. The molecule has 0 N–H and O–H groups in total. The standard InChI is InChI=1S/C23H19F7N2O6/c1-12(21(24,25)26)34-20(33)32-8-6-31(7-9-32)19(13-2-4-15-17(10-13)37-22(27,28)35-15)14-3-5-16-18(11-14)38-23(29,30)36-16/h2-5,10-12,19H,6-9H2,1H3. The number of rotatable bonds is 4. The van der Waals surface area contributed by atoms with Crippen LogP contribution in [0.4, 0.5) is 35.5 Å². The molecule has 0 saturated carbocycles. The van der Waals surface area contributed by atoms with E-state index >= 15 is 0 Å². The molecular formula is C23H19F7N2O6. The third kappa shape index (κ3) is 5.19. The molecule has 0 radical (unpaired) electrons. The van der Waals surface area contributed by atoms with Crippen molar-refractivity contribution in [3.63, 3.8) is 0 Å². The molecule has 1 atom stereocenters. The van der Waals surface area contributed by atoms with Crippen LogP contribution in [0, 0.1) is 0 Å². The second kappa shape index (κ2) is 8.99. The lowest BCUT2D eigenvalue weighted by Crippen LogP contribution is -2.51. The molecule has 3 heterocycles. The van der Waals surface area contributed by atoms with Gasteiger partial charge >= 0.3 is 24.9 Å². The topological polar surface area (TPSA) is 69.7 Å². The Kier molecular flexibility index (Phi) is 6.16. The van der Waals surface area contributed by atoms with E-state index in [2.05, 4.69) is 23.7 Å². The van der Waals surface area contributed by atoms with Crippen LogP contribution < -0.4 is 18.9 Å². The number of fused-ring (bicyclic) bond motifs is 2. The van der Waals surface area contributed by atoms with Gasteiger partial charge in [0.25, 0.3) is 0 Å². The SMILES string of the molecule is CC(OC(=O)N1CCN(C(c2ccc3c(c2)OC(F)(F)O3)c2ccc3c(c2)OC(F)(F)O3)CC1)C(F)(F)F. The first kappa shape index (κ1) is 26.0. The Morgan fingerprint density at radius 2 is 1.26 bits per heavy atom. The summed E-state index contributed by atoms with van der Waals surface area (Å²) in [6, 6.07) is 7.39. The van der Waals surface area contributed by atoms with Crippen LogP contribution in [0.25, 0.3) is 0 Å². The number of hydrogen-bond acceptors (Lipinski definition) is 7. The Balaban J connectivity index is 1.40. The molecule has 0 spiro atoms. The fourth-order valence-electron chi connectivity index (χ4n) is 4.34. The molecule has 0 bridgehead atoms. The summed E-state index contributed by atoms with van der Waals surface area (Å²) in [5.74, 6) is -0.885. The van der Waals surface area contributed by atoms with Gasteiger partial charge in [-0.1, -0.05) is 12.1 Å². The first-order chi connectivity index (χ1) is 17.7. The molecule has 2 aromatic rings. The maximum atomic E-state index is 13.6. The van der Waals surface area contributed by atoms with Gasteiger partial charge in [0.05, 0.1) is 6.04 Å². The van der Waals surface area contributed by atoms with Gasteiger partial charge in [-0.05, 0) is 42.3 Å². The summed E-state index contributed by atoms with van der Waals surface area (Å²) in [4.78, 5) is 15.1. The molecule has 1 unspecified atom stereocenters. The Bertz CT molecular complexity index is 1170. The van der Waals surface area contributed by atoms with Crippen molar-refractivity contribution in [2.75, 3.05) is 26.2 Å². The Morgan fingerprint density at radius 1 is 0.816 bits per heavy atom. The van der Waals surface area contributed by atoms with Gasteiger partial charge in [0, 0.05) is 26.2 Å². The minimum Gasteiger partial charge on any atom is -0.437 e. The highest BCUT2D eigenvalue weighted by Gasteiger charge is 2.46. The second-order valence-electron chi connectivity index (χ2n) is 8.74. The predicted molar refractivity (Wildman–Crippen MR) is 112 cm³/mol. The third-order valence-corrected chi connectivity index (χ3v) is 6.16. The highest BCUT2D eigenvalue weighted by atomic mass is 19.4. The first-order valence-corrected chi connectivity index (χ1v) is 11.3. The number of amides is 1. The molecule has 1 saturated heterocycles. The summed E-state index contributed by atoms with van der Waals surface area (Å²) in [5, 5.41) is 0. The maximum absolute atomic E-state index is 13.6. The van der Waals surface area contributed by atoms with Gasteiger partial charge in [-0.3, -0.25) is 4.90 Å². The fraction of sp³-hybridized carbons (Fsp3) is 0.435. The van der Waals surface area contributed by atoms with Crippen molar-refractivity contribution in [1.82, 2.24) is 9.80 Å². The molecule has 3 aliphatic heterocycles. The minimum absolute atomic E-state index is 0.0227. The van der Waals surface area contributed by atoms with Crippen LogP contribution in [0.3, 0.4) is 0 Å². The summed E-state index contributed by atoms with van der Waals surface area (Å²) in [6.07, 6.45) is -15.9. The number of halogens is 7. The zero-order valence-corrected chi connectivity index (χ0v) is 19.4. The van der Waals surface area contributed by atoms with Crippen LogP contribution in [0.2, 0.25) is 0 Å². The van der Waals surface area contributed by atoms with Crippen molar-refractivity contribution >= 4 is 6.09 Å². The van der Waals surface area contributed by atoms with Crippen LogP contribution >= 0.6 is 0 Å². The molecule has 1 amide bonds. The summed E-state index contributed by atoms with van der Waals surface area (Å²) in [7, 11) is 0. The van der Waals surface area contributed by atoms with Crippen LogP contribution in [0.1, 0.15) is 24.1 Å². The number of carbonyl (C=O) groups is 1. The average molecular weight is 552 g/mol. The lowest BCUT2D eigenvalue weighted by Gasteiger charge is -2.39. The number of alkyl halides is 7. The molecular weight excluding hydrogens is 533 g/mol. The number of hydrogen-bond donors (Lipinski definition) is 0. The van der Waals surface area contributed by atoms with Gasteiger partial charge in [0.15, 0.2) is 29.1 Å². The summed E-state index contributed by atoms with van der Waals surface area (Å²) >= 11 is 0. The molecule has 3 aliphatic rings. The van der Waals surface area contributed by atoms with Crippen LogP contribution in [-0.4, -0.2) is 66.9 Å². The molecule has 38 heavy (non-hydrogen) atoms. The molecule has 0 aromatic heterocycles. The monoisotopic (exact) mass is 552 g/mol.